The van der Waals surface area contributed by atoms with Gasteiger partial charge in [0.2, 0.25) is 0 Å². The lowest BCUT2D eigenvalue weighted by Crippen LogP contribution is -2.46. The van der Waals surface area contributed by atoms with E-state index in [-0.39, 0.29) is 5.82 Å². The number of nitrogens with one attached hydrogen (secondary N) is 1. The molecule has 0 atom stereocenters. The zero-order valence-electron chi connectivity index (χ0n) is 19.4. The van der Waals surface area contributed by atoms with E-state index in [1.807, 2.05) is 36.4 Å². The molecular formula is C28H22FN7. The fourth-order valence-electron chi connectivity index (χ4n) is 4.73. The average molecular weight is 476 g/mol. The SMILES string of the molecule is N#Cc1ccc(N2CCN(c3ncnc4ccc(-c5cn[nH]c5-c5ccc(F)cc5)cc34)CC2)cc1. The summed E-state index contributed by atoms with van der Waals surface area (Å²) in [5.74, 6) is 0.639. The molecule has 1 N–H and O–H groups in total. The maximum absolute atomic E-state index is 13.4. The first-order chi connectivity index (χ1) is 17.7. The third kappa shape index (κ3) is 4.01. The number of nitriles is 1. The van der Waals surface area contributed by atoms with Gasteiger partial charge >= 0.3 is 0 Å². The molecule has 0 spiro atoms. The summed E-state index contributed by atoms with van der Waals surface area (Å²) in [6.45, 7) is 3.35. The maximum Gasteiger partial charge on any atom is 0.140 e. The fourth-order valence-corrected chi connectivity index (χ4v) is 4.73. The van der Waals surface area contributed by atoms with Crippen molar-refractivity contribution in [1.82, 2.24) is 20.2 Å². The Hall–Kier alpha value is -4.77. The fraction of sp³-hybridized carbons (Fsp3) is 0.143. The van der Waals surface area contributed by atoms with Crippen molar-refractivity contribution >= 4 is 22.4 Å². The summed E-state index contributed by atoms with van der Waals surface area (Å²) in [4.78, 5) is 13.8. The second kappa shape index (κ2) is 9.12. The van der Waals surface area contributed by atoms with Crippen molar-refractivity contribution in [2.75, 3.05) is 36.0 Å². The zero-order valence-corrected chi connectivity index (χ0v) is 19.4. The van der Waals surface area contributed by atoms with Crippen LogP contribution < -0.4 is 9.80 Å². The molecule has 8 heteroatoms. The van der Waals surface area contributed by atoms with Gasteiger partial charge in [0, 0.05) is 48.4 Å². The second-order valence-electron chi connectivity index (χ2n) is 8.73. The summed E-state index contributed by atoms with van der Waals surface area (Å²) in [5.41, 5.74) is 6.30. The van der Waals surface area contributed by atoms with Crippen LogP contribution in [0.25, 0.3) is 33.3 Å². The molecule has 7 nitrogen and oxygen atoms in total. The maximum atomic E-state index is 13.4. The van der Waals surface area contributed by atoms with Crippen molar-refractivity contribution in [2.24, 2.45) is 0 Å². The highest BCUT2D eigenvalue weighted by Gasteiger charge is 2.21. The first-order valence-electron chi connectivity index (χ1n) is 11.7. The summed E-state index contributed by atoms with van der Waals surface area (Å²) < 4.78 is 13.4. The molecule has 1 aliphatic heterocycles. The van der Waals surface area contributed by atoms with Gasteiger partial charge in [-0.05, 0) is 66.2 Å². The molecule has 5 aromatic rings. The molecule has 0 amide bonds. The van der Waals surface area contributed by atoms with E-state index in [4.69, 9.17) is 5.26 Å². The predicted octanol–water partition coefficient (Wildman–Crippen LogP) is 5.02. The Morgan fingerprint density at radius 2 is 1.56 bits per heavy atom. The lowest BCUT2D eigenvalue weighted by atomic mass is 10.00. The summed E-state index contributed by atoms with van der Waals surface area (Å²) in [5, 5.41) is 17.3. The van der Waals surface area contributed by atoms with Gasteiger partial charge in [-0.2, -0.15) is 10.4 Å². The second-order valence-corrected chi connectivity index (χ2v) is 8.73. The van der Waals surface area contributed by atoms with E-state index in [9.17, 15) is 4.39 Å². The largest absolute Gasteiger partial charge is 0.368 e. The minimum Gasteiger partial charge on any atom is -0.368 e. The summed E-state index contributed by atoms with van der Waals surface area (Å²) in [7, 11) is 0. The van der Waals surface area contributed by atoms with Gasteiger partial charge in [0.05, 0.1) is 29.0 Å². The van der Waals surface area contributed by atoms with Crippen LogP contribution in [0.3, 0.4) is 0 Å². The average Bonchev–Trinajstić information content (AvgIpc) is 3.43. The number of nitrogens with zero attached hydrogens (tertiary/aromatic N) is 6. The van der Waals surface area contributed by atoms with Crippen molar-refractivity contribution in [2.45, 2.75) is 0 Å². The highest BCUT2D eigenvalue weighted by molar-refractivity contribution is 5.94. The summed E-state index contributed by atoms with van der Waals surface area (Å²) in [6.07, 6.45) is 3.41. The van der Waals surface area contributed by atoms with Crippen LogP contribution in [0.5, 0.6) is 0 Å². The van der Waals surface area contributed by atoms with Gasteiger partial charge in [0.15, 0.2) is 0 Å². The van der Waals surface area contributed by atoms with E-state index in [1.54, 1.807) is 24.7 Å². The molecule has 3 heterocycles. The molecule has 1 fully saturated rings. The molecule has 0 saturated carbocycles. The smallest absolute Gasteiger partial charge is 0.140 e. The van der Waals surface area contributed by atoms with E-state index in [0.717, 1.165) is 71.0 Å². The van der Waals surface area contributed by atoms with Crippen molar-refractivity contribution < 1.29 is 4.39 Å². The molecule has 0 unspecified atom stereocenters. The Morgan fingerprint density at radius 3 is 2.31 bits per heavy atom. The molecule has 2 aromatic heterocycles. The van der Waals surface area contributed by atoms with E-state index >= 15 is 0 Å². The number of halogens is 1. The van der Waals surface area contributed by atoms with Gasteiger partial charge in [-0.3, -0.25) is 5.10 Å². The van der Waals surface area contributed by atoms with E-state index in [1.165, 1.54) is 12.1 Å². The number of H-pyrrole nitrogens is 1. The molecule has 36 heavy (non-hydrogen) atoms. The van der Waals surface area contributed by atoms with Gasteiger partial charge in [0.25, 0.3) is 0 Å². The zero-order chi connectivity index (χ0) is 24.5. The van der Waals surface area contributed by atoms with Crippen LogP contribution in [0.1, 0.15) is 5.56 Å². The van der Waals surface area contributed by atoms with Gasteiger partial charge in [-0.25, -0.2) is 14.4 Å². The Kier molecular flexibility index (Phi) is 5.51. The molecule has 0 radical (unpaired) electrons. The molecule has 1 saturated heterocycles. The third-order valence-corrected chi connectivity index (χ3v) is 6.64. The first kappa shape index (κ1) is 21.7. The van der Waals surface area contributed by atoms with Crippen LogP contribution in [-0.2, 0) is 0 Å². The van der Waals surface area contributed by atoms with Crippen LogP contribution in [-0.4, -0.2) is 46.3 Å². The minimum atomic E-state index is -0.272. The molecule has 1 aliphatic rings. The van der Waals surface area contributed by atoms with Crippen LogP contribution in [0.4, 0.5) is 15.9 Å². The number of fused-ring (bicyclic) bond motifs is 1. The van der Waals surface area contributed by atoms with Gasteiger partial charge in [-0.1, -0.05) is 6.07 Å². The van der Waals surface area contributed by atoms with Crippen molar-refractivity contribution in [3.05, 3.63) is 90.6 Å². The third-order valence-electron chi connectivity index (χ3n) is 6.64. The molecule has 6 rings (SSSR count). The number of aromatic nitrogens is 4. The highest BCUT2D eigenvalue weighted by Crippen LogP contribution is 2.34. The van der Waals surface area contributed by atoms with Crippen LogP contribution in [0.2, 0.25) is 0 Å². The molecule has 176 valence electrons. The van der Waals surface area contributed by atoms with Crippen LogP contribution >= 0.6 is 0 Å². The number of aromatic amines is 1. The van der Waals surface area contributed by atoms with Crippen molar-refractivity contribution in [1.29, 1.82) is 5.26 Å². The number of piperazine rings is 1. The number of hydrogen-bond donors (Lipinski definition) is 1. The normalized spacial score (nSPS) is 13.7. The molecule has 0 aliphatic carbocycles. The lowest BCUT2D eigenvalue weighted by Gasteiger charge is -2.37. The Balaban J connectivity index is 1.29. The Labute approximate surface area is 207 Å². The monoisotopic (exact) mass is 475 g/mol. The predicted molar refractivity (Wildman–Crippen MR) is 138 cm³/mol. The summed E-state index contributed by atoms with van der Waals surface area (Å²) >= 11 is 0. The Bertz CT molecular complexity index is 1560. The van der Waals surface area contributed by atoms with E-state index < -0.39 is 0 Å². The number of hydrogen-bond acceptors (Lipinski definition) is 6. The highest BCUT2D eigenvalue weighted by atomic mass is 19.1. The molecular weight excluding hydrogens is 453 g/mol. The number of anilines is 2. The lowest BCUT2D eigenvalue weighted by molar-refractivity contribution is 0.628. The Morgan fingerprint density at radius 1 is 0.833 bits per heavy atom. The molecule has 0 bridgehead atoms. The quantitative estimate of drug-likeness (QED) is 0.393. The summed E-state index contributed by atoms with van der Waals surface area (Å²) in [6, 6.07) is 22.4. The van der Waals surface area contributed by atoms with Crippen molar-refractivity contribution in [3.63, 3.8) is 0 Å². The van der Waals surface area contributed by atoms with Gasteiger partial charge in [0.1, 0.15) is 18.0 Å². The molecule has 3 aromatic carbocycles. The van der Waals surface area contributed by atoms with Gasteiger partial charge < -0.3 is 9.80 Å². The number of benzene rings is 3. The van der Waals surface area contributed by atoms with E-state index in [2.05, 4.69) is 42.1 Å². The van der Waals surface area contributed by atoms with Crippen LogP contribution in [0.15, 0.2) is 79.3 Å². The first-order valence-corrected chi connectivity index (χ1v) is 11.7. The topological polar surface area (TPSA) is 84.7 Å². The van der Waals surface area contributed by atoms with Crippen LogP contribution in [0, 0.1) is 17.1 Å². The standard InChI is InChI=1S/C28H22FN7/c29-22-6-3-20(4-7-22)27-25(17-33-34-27)21-5-10-26-24(15-21)28(32-18-31-26)36-13-11-35(12-14-36)23-8-1-19(16-30)2-9-23/h1-10,15,17-18H,11-14H2,(H,33,34). The van der Waals surface area contributed by atoms with Gasteiger partial charge in [-0.15, -0.1) is 0 Å². The van der Waals surface area contributed by atoms with E-state index in [0.29, 0.717) is 5.56 Å². The number of rotatable bonds is 4. The van der Waals surface area contributed by atoms with Crippen molar-refractivity contribution in [3.8, 4) is 28.5 Å². The minimum absolute atomic E-state index is 0.272.